The number of carbonyl (C=O) groups is 1. The number of carbonyl (C=O) groups excluding carboxylic acids is 1. The Morgan fingerprint density at radius 1 is 1.47 bits per heavy atom. The maximum atomic E-state index is 11.2. The normalized spacial score (nSPS) is 11.3. The van der Waals surface area contributed by atoms with Gasteiger partial charge in [-0.05, 0) is 11.8 Å². The molecule has 0 spiro atoms. The second kappa shape index (κ2) is 9.03. The maximum Gasteiger partial charge on any atom is 0.357 e. The minimum Gasteiger partial charge on any atom is -0.465 e. The van der Waals surface area contributed by atoms with Crippen LogP contribution in [0.3, 0.4) is 0 Å². The fraction of sp³-hybridized carbons (Fsp3) is 0.636. The van der Waals surface area contributed by atoms with Gasteiger partial charge in [0, 0.05) is 18.3 Å². The SMILES string of the molecule is CCOC(=O)CN/C(=C\C(=N)[N+](=O)[O-])CNC(C)C. The molecule has 8 heteroatoms. The molecule has 0 aromatic heterocycles. The van der Waals surface area contributed by atoms with Gasteiger partial charge in [-0.3, -0.25) is 4.79 Å². The number of hydrogen-bond acceptors (Lipinski definition) is 7. The summed E-state index contributed by atoms with van der Waals surface area (Å²) in [6.45, 7) is 6.01. The van der Waals surface area contributed by atoms with E-state index in [-0.39, 0.29) is 19.2 Å². The highest BCUT2D eigenvalue weighted by Crippen LogP contribution is 1.92. The lowest BCUT2D eigenvalue weighted by Crippen LogP contribution is -2.33. The molecule has 0 bridgehead atoms. The fourth-order valence-electron chi connectivity index (χ4n) is 1.09. The van der Waals surface area contributed by atoms with Crippen molar-refractivity contribution in [2.24, 2.45) is 0 Å². The van der Waals surface area contributed by atoms with Crippen molar-refractivity contribution in [3.63, 3.8) is 0 Å². The Bertz CT molecular complexity index is 366. The Morgan fingerprint density at radius 3 is 2.58 bits per heavy atom. The molecular formula is C11H20N4O4. The van der Waals surface area contributed by atoms with Gasteiger partial charge in [-0.25, -0.2) is 0 Å². The molecule has 0 atom stereocenters. The first-order valence-corrected chi connectivity index (χ1v) is 5.93. The van der Waals surface area contributed by atoms with E-state index in [1.54, 1.807) is 6.92 Å². The molecule has 0 unspecified atom stereocenters. The van der Waals surface area contributed by atoms with Crippen LogP contribution in [0.4, 0.5) is 0 Å². The molecule has 0 rings (SSSR count). The van der Waals surface area contributed by atoms with E-state index in [2.05, 4.69) is 10.6 Å². The van der Waals surface area contributed by atoms with Crippen LogP contribution in [-0.2, 0) is 9.53 Å². The van der Waals surface area contributed by atoms with Crippen molar-refractivity contribution in [2.45, 2.75) is 26.8 Å². The number of nitrogens with zero attached hydrogens (tertiary/aromatic N) is 1. The standard InChI is InChI=1S/C11H20N4O4/c1-4-19-11(16)7-14-9(6-13-8(2)3)5-10(12)15(17)18/h5,8,12-14H,4,6-7H2,1-3H3/b9-5-,12-10?. The predicted octanol–water partition coefficient (Wildman–Crippen LogP) is 0.275. The lowest BCUT2D eigenvalue weighted by atomic mass is 10.3. The number of esters is 1. The van der Waals surface area contributed by atoms with Crippen molar-refractivity contribution in [3.05, 3.63) is 21.9 Å². The minimum atomic E-state index is -0.804. The van der Waals surface area contributed by atoms with Crippen molar-refractivity contribution in [1.82, 2.24) is 10.6 Å². The summed E-state index contributed by atoms with van der Waals surface area (Å²) in [6, 6.07) is 0.178. The summed E-state index contributed by atoms with van der Waals surface area (Å²) in [4.78, 5) is 20.8. The molecule has 0 saturated heterocycles. The Labute approximate surface area is 111 Å². The monoisotopic (exact) mass is 272 g/mol. The van der Waals surface area contributed by atoms with E-state index in [0.29, 0.717) is 12.2 Å². The van der Waals surface area contributed by atoms with Gasteiger partial charge in [0.2, 0.25) is 0 Å². The molecule has 19 heavy (non-hydrogen) atoms. The summed E-state index contributed by atoms with van der Waals surface area (Å²) in [5.74, 6) is -1.19. The van der Waals surface area contributed by atoms with Crippen molar-refractivity contribution in [3.8, 4) is 0 Å². The Kier molecular flexibility index (Phi) is 8.10. The van der Waals surface area contributed by atoms with Crippen LogP contribution in [0, 0.1) is 15.5 Å². The molecule has 0 aliphatic carbocycles. The van der Waals surface area contributed by atoms with Crippen LogP contribution < -0.4 is 10.6 Å². The first-order valence-electron chi connectivity index (χ1n) is 5.93. The van der Waals surface area contributed by atoms with Gasteiger partial charge in [0.1, 0.15) is 6.54 Å². The van der Waals surface area contributed by atoms with Crippen molar-refractivity contribution in [2.75, 3.05) is 19.7 Å². The first-order chi connectivity index (χ1) is 8.86. The lowest BCUT2D eigenvalue weighted by Gasteiger charge is -2.13. The minimum absolute atomic E-state index is 0.0928. The Balaban J connectivity index is 4.53. The van der Waals surface area contributed by atoms with Crippen LogP contribution in [0.1, 0.15) is 20.8 Å². The maximum absolute atomic E-state index is 11.2. The molecule has 0 amide bonds. The van der Waals surface area contributed by atoms with Crippen molar-refractivity contribution >= 4 is 11.8 Å². The molecule has 0 aromatic rings. The fourth-order valence-corrected chi connectivity index (χ4v) is 1.09. The third-order valence-electron chi connectivity index (χ3n) is 1.97. The summed E-state index contributed by atoms with van der Waals surface area (Å²) in [5.41, 5.74) is 0.392. The van der Waals surface area contributed by atoms with E-state index in [9.17, 15) is 14.9 Å². The Hall–Kier alpha value is -1.96. The Morgan fingerprint density at radius 2 is 2.11 bits per heavy atom. The van der Waals surface area contributed by atoms with Gasteiger partial charge >= 0.3 is 11.8 Å². The second-order valence-electron chi connectivity index (χ2n) is 4.01. The van der Waals surface area contributed by atoms with E-state index < -0.39 is 16.7 Å². The first kappa shape index (κ1) is 17.0. The van der Waals surface area contributed by atoms with Crippen molar-refractivity contribution < 1.29 is 14.5 Å². The van der Waals surface area contributed by atoms with E-state index >= 15 is 0 Å². The molecule has 0 aliphatic rings. The number of amidine groups is 1. The third-order valence-corrected chi connectivity index (χ3v) is 1.97. The summed E-state index contributed by atoms with van der Waals surface area (Å²) < 4.78 is 4.73. The van der Waals surface area contributed by atoms with Crippen LogP contribution in [0.5, 0.6) is 0 Å². The smallest absolute Gasteiger partial charge is 0.357 e. The highest BCUT2D eigenvalue weighted by molar-refractivity contribution is 5.83. The zero-order valence-corrected chi connectivity index (χ0v) is 11.4. The van der Waals surface area contributed by atoms with Gasteiger partial charge in [0.15, 0.2) is 0 Å². The molecule has 3 N–H and O–H groups in total. The molecule has 8 nitrogen and oxygen atoms in total. The summed E-state index contributed by atoms with van der Waals surface area (Å²) in [5, 5.41) is 23.3. The number of nitrogens with one attached hydrogen (secondary N) is 3. The molecule has 0 fully saturated rings. The van der Waals surface area contributed by atoms with Crippen LogP contribution in [0.25, 0.3) is 0 Å². The lowest BCUT2D eigenvalue weighted by molar-refractivity contribution is -0.349. The molecule has 0 aliphatic heterocycles. The van der Waals surface area contributed by atoms with Crippen LogP contribution in [-0.4, -0.2) is 42.5 Å². The quantitative estimate of drug-likeness (QED) is 0.192. The van der Waals surface area contributed by atoms with Gasteiger partial charge in [0.25, 0.3) is 0 Å². The highest BCUT2D eigenvalue weighted by Gasteiger charge is 2.09. The molecule has 0 heterocycles. The summed E-state index contributed by atoms with van der Waals surface area (Å²) >= 11 is 0. The molecule has 108 valence electrons. The van der Waals surface area contributed by atoms with Gasteiger partial charge in [-0.15, -0.1) is 0 Å². The summed E-state index contributed by atoms with van der Waals surface area (Å²) in [6.07, 6.45) is 1.08. The highest BCUT2D eigenvalue weighted by atomic mass is 16.6. The van der Waals surface area contributed by atoms with Crippen LogP contribution in [0.15, 0.2) is 11.8 Å². The second-order valence-corrected chi connectivity index (χ2v) is 4.01. The van der Waals surface area contributed by atoms with Gasteiger partial charge in [0.05, 0.1) is 12.7 Å². The van der Waals surface area contributed by atoms with Gasteiger partial charge in [-0.1, -0.05) is 19.3 Å². The van der Waals surface area contributed by atoms with E-state index in [1.807, 2.05) is 13.8 Å². The summed E-state index contributed by atoms with van der Waals surface area (Å²) in [7, 11) is 0. The third kappa shape index (κ3) is 8.72. The van der Waals surface area contributed by atoms with E-state index in [0.717, 1.165) is 6.08 Å². The predicted molar refractivity (Wildman–Crippen MR) is 70.6 cm³/mol. The van der Waals surface area contributed by atoms with Gasteiger partial charge < -0.3 is 25.5 Å². The topological polar surface area (TPSA) is 117 Å². The number of rotatable bonds is 8. The zero-order chi connectivity index (χ0) is 14.8. The average molecular weight is 272 g/mol. The number of hydrogen-bond donors (Lipinski definition) is 3. The van der Waals surface area contributed by atoms with E-state index in [1.165, 1.54) is 0 Å². The molecular weight excluding hydrogens is 252 g/mol. The molecule has 0 aromatic carbocycles. The molecule has 0 radical (unpaired) electrons. The van der Waals surface area contributed by atoms with E-state index in [4.69, 9.17) is 10.1 Å². The van der Waals surface area contributed by atoms with Crippen LogP contribution in [0.2, 0.25) is 0 Å². The zero-order valence-electron chi connectivity index (χ0n) is 11.4. The van der Waals surface area contributed by atoms with Crippen molar-refractivity contribution in [1.29, 1.82) is 5.41 Å². The van der Waals surface area contributed by atoms with Gasteiger partial charge in [-0.2, -0.15) is 0 Å². The number of nitro groups is 1. The average Bonchev–Trinajstić information content (AvgIpc) is 2.32. The number of ether oxygens (including phenoxy) is 1. The largest absolute Gasteiger partial charge is 0.465 e. The van der Waals surface area contributed by atoms with Crippen LogP contribution >= 0.6 is 0 Å². The molecule has 0 saturated carbocycles.